The quantitative estimate of drug-likeness (QED) is 0.529. The van der Waals surface area contributed by atoms with Crippen LogP contribution in [0.4, 0.5) is 11.9 Å². The van der Waals surface area contributed by atoms with Crippen molar-refractivity contribution < 1.29 is 4.74 Å². The SMILES string of the molecule is CCOc1nc(NN)nc(NCc2ccccc2)n1. The zero-order chi connectivity index (χ0) is 13.5. The lowest BCUT2D eigenvalue weighted by Crippen LogP contribution is -2.14. The van der Waals surface area contributed by atoms with Crippen molar-refractivity contribution in [2.45, 2.75) is 13.5 Å². The van der Waals surface area contributed by atoms with Crippen LogP contribution >= 0.6 is 0 Å². The van der Waals surface area contributed by atoms with Crippen molar-refractivity contribution >= 4 is 11.9 Å². The first-order valence-electron chi connectivity index (χ1n) is 5.95. The van der Waals surface area contributed by atoms with Gasteiger partial charge in [0.2, 0.25) is 11.9 Å². The van der Waals surface area contributed by atoms with Crippen molar-refractivity contribution in [3.05, 3.63) is 35.9 Å². The van der Waals surface area contributed by atoms with E-state index >= 15 is 0 Å². The number of hydrogen-bond acceptors (Lipinski definition) is 7. The summed E-state index contributed by atoms with van der Waals surface area (Å²) in [5.41, 5.74) is 3.51. The normalized spacial score (nSPS) is 10.0. The maximum absolute atomic E-state index is 5.30. The lowest BCUT2D eigenvalue weighted by Gasteiger charge is -2.08. The average molecular weight is 260 g/mol. The largest absolute Gasteiger partial charge is 0.464 e. The van der Waals surface area contributed by atoms with Crippen LogP contribution in [0.5, 0.6) is 6.01 Å². The summed E-state index contributed by atoms with van der Waals surface area (Å²) in [4.78, 5) is 12.2. The van der Waals surface area contributed by atoms with Crippen molar-refractivity contribution in [1.29, 1.82) is 0 Å². The van der Waals surface area contributed by atoms with Gasteiger partial charge in [0.1, 0.15) is 0 Å². The number of nitrogens with one attached hydrogen (secondary N) is 2. The highest BCUT2D eigenvalue weighted by atomic mass is 16.5. The number of aromatic nitrogens is 3. The van der Waals surface area contributed by atoms with Gasteiger partial charge in [-0.25, -0.2) is 5.84 Å². The first-order chi connectivity index (χ1) is 9.31. The summed E-state index contributed by atoms with van der Waals surface area (Å²) >= 11 is 0. The van der Waals surface area contributed by atoms with Gasteiger partial charge in [0.05, 0.1) is 6.61 Å². The molecule has 7 heteroatoms. The molecule has 100 valence electrons. The van der Waals surface area contributed by atoms with E-state index < -0.39 is 0 Å². The van der Waals surface area contributed by atoms with Crippen molar-refractivity contribution in [3.8, 4) is 6.01 Å². The number of benzene rings is 1. The van der Waals surface area contributed by atoms with E-state index in [1.165, 1.54) is 0 Å². The summed E-state index contributed by atoms with van der Waals surface area (Å²) in [5, 5.41) is 3.10. The summed E-state index contributed by atoms with van der Waals surface area (Å²) in [6, 6.07) is 10.2. The second-order valence-corrected chi connectivity index (χ2v) is 3.68. The Morgan fingerprint density at radius 3 is 2.53 bits per heavy atom. The third kappa shape index (κ3) is 3.78. The third-order valence-corrected chi connectivity index (χ3v) is 2.31. The van der Waals surface area contributed by atoms with E-state index in [0.29, 0.717) is 19.1 Å². The van der Waals surface area contributed by atoms with Crippen LogP contribution in [0.15, 0.2) is 30.3 Å². The lowest BCUT2D eigenvalue weighted by atomic mass is 10.2. The standard InChI is InChI=1S/C12H16N6O/c1-2-19-12-16-10(15-11(17-12)18-13)14-8-9-6-4-3-5-7-9/h3-7H,2,8,13H2,1H3,(H2,14,15,16,17,18). The number of ether oxygens (including phenoxy) is 1. The molecule has 19 heavy (non-hydrogen) atoms. The molecule has 0 aliphatic carbocycles. The van der Waals surface area contributed by atoms with Gasteiger partial charge in [0.25, 0.3) is 0 Å². The summed E-state index contributed by atoms with van der Waals surface area (Å²) < 4.78 is 5.24. The van der Waals surface area contributed by atoms with Crippen molar-refractivity contribution in [1.82, 2.24) is 15.0 Å². The van der Waals surface area contributed by atoms with E-state index in [9.17, 15) is 0 Å². The smallest absolute Gasteiger partial charge is 0.323 e. The van der Waals surface area contributed by atoms with Gasteiger partial charge in [-0.3, -0.25) is 5.43 Å². The highest BCUT2D eigenvalue weighted by Crippen LogP contribution is 2.11. The van der Waals surface area contributed by atoms with Crippen LogP contribution in [0.25, 0.3) is 0 Å². The molecule has 0 bridgehead atoms. The van der Waals surface area contributed by atoms with Crippen LogP contribution in [0, 0.1) is 0 Å². The van der Waals surface area contributed by atoms with E-state index in [1.54, 1.807) is 0 Å². The third-order valence-electron chi connectivity index (χ3n) is 2.31. The summed E-state index contributed by atoms with van der Waals surface area (Å²) in [5.74, 6) is 5.98. The molecule has 2 rings (SSSR count). The topological polar surface area (TPSA) is 98.0 Å². The first kappa shape index (κ1) is 13.0. The fraction of sp³-hybridized carbons (Fsp3) is 0.250. The maximum Gasteiger partial charge on any atom is 0.323 e. The van der Waals surface area contributed by atoms with Gasteiger partial charge in [-0.1, -0.05) is 30.3 Å². The minimum Gasteiger partial charge on any atom is -0.464 e. The highest BCUT2D eigenvalue weighted by Gasteiger charge is 2.06. The molecule has 1 heterocycles. The molecule has 0 saturated carbocycles. The van der Waals surface area contributed by atoms with Gasteiger partial charge in [-0.2, -0.15) is 15.0 Å². The fourth-order valence-corrected chi connectivity index (χ4v) is 1.47. The molecule has 7 nitrogen and oxygen atoms in total. The minimum atomic E-state index is 0.237. The van der Waals surface area contributed by atoms with Crippen molar-refractivity contribution in [2.75, 3.05) is 17.3 Å². The second kappa shape index (κ2) is 6.50. The second-order valence-electron chi connectivity index (χ2n) is 3.68. The van der Waals surface area contributed by atoms with Gasteiger partial charge in [-0.15, -0.1) is 0 Å². The molecule has 2 aromatic rings. The Kier molecular flexibility index (Phi) is 4.46. The Balaban J connectivity index is 2.08. The minimum absolute atomic E-state index is 0.237. The Labute approximate surface area is 111 Å². The number of nitrogens with two attached hydrogens (primary N) is 1. The van der Waals surface area contributed by atoms with Gasteiger partial charge < -0.3 is 10.1 Å². The molecule has 4 N–H and O–H groups in total. The van der Waals surface area contributed by atoms with Crippen LogP contribution in [0.1, 0.15) is 12.5 Å². The number of hydrazine groups is 1. The van der Waals surface area contributed by atoms with Gasteiger partial charge in [0, 0.05) is 6.54 Å². The molecule has 0 radical (unpaired) electrons. The predicted octanol–water partition coefficient (Wildman–Crippen LogP) is 1.17. The van der Waals surface area contributed by atoms with E-state index in [0.717, 1.165) is 5.56 Å². The summed E-state index contributed by atoms with van der Waals surface area (Å²) in [7, 11) is 0. The monoisotopic (exact) mass is 260 g/mol. The molecule has 0 unspecified atom stereocenters. The van der Waals surface area contributed by atoms with E-state index in [2.05, 4.69) is 25.7 Å². The van der Waals surface area contributed by atoms with Gasteiger partial charge in [-0.05, 0) is 12.5 Å². The molecule has 0 aliphatic heterocycles. The summed E-state index contributed by atoms with van der Waals surface area (Å²) in [6.07, 6.45) is 0. The number of nitrogens with zero attached hydrogens (tertiary/aromatic N) is 3. The Bertz CT molecular complexity index is 519. The zero-order valence-corrected chi connectivity index (χ0v) is 10.6. The van der Waals surface area contributed by atoms with E-state index in [4.69, 9.17) is 10.6 Å². The molecule has 0 atom stereocenters. The number of anilines is 2. The van der Waals surface area contributed by atoms with Gasteiger partial charge in [0.15, 0.2) is 0 Å². The van der Waals surface area contributed by atoms with E-state index in [-0.39, 0.29) is 12.0 Å². The van der Waals surface area contributed by atoms with Crippen LogP contribution in [-0.4, -0.2) is 21.6 Å². The Morgan fingerprint density at radius 2 is 1.84 bits per heavy atom. The summed E-state index contributed by atoms with van der Waals surface area (Å²) in [6.45, 7) is 2.95. The van der Waals surface area contributed by atoms with Crippen molar-refractivity contribution in [2.24, 2.45) is 5.84 Å². The number of rotatable bonds is 6. The lowest BCUT2D eigenvalue weighted by molar-refractivity contribution is 0.312. The molecule has 0 saturated heterocycles. The average Bonchev–Trinajstić information content (AvgIpc) is 2.46. The predicted molar refractivity (Wildman–Crippen MR) is 72.6 cm³/mol. The van der Waals surface area contributed by atoms with Crippen LogP contribution in [0.3, 0.4) is 0 Å². The molecular formula is C12H16N6O. The molecule has 0 spiro atoms. The highest BCUT2D eigenvalue weighted by molar-refractivity contribution is 5.35. The van der Waals surface area contributed by atoms with Crippen LogP contribution < -0.4 is 21.3 Å². The van der Waals surface area contributed by atoms with Crippen molar-refractivity contribution in [3.63, 3.8) is 0 Å². The zero-order valence-electron chi connectivity index (χ0n) is 10.6. The molecule has 1 aromatic carbocycles. The molecule has 0 aliphatic rings. The molecular weight excluding hydrogens is 244 g/mol. The number of nitrogen functional groups attached to an aromatic ring is 1. The first-order valence-corrected chi connectivity index (χ1v) is 5.95. The fourth-order valence-electron chi connectivity index (χ4n) is 1.47. The Hall–Kier alpha value is -2.41. The Morgan fingerprint density at radius 1 is 1.11 bits per heavy atom. The molecule has 0 amide bonds. The van der Waals surface area contributed by atoms with E-state index in [1.807, 2.05) is 37.3 Å². The molecule has 1 aromatic heterocycles. The number of hydrogen-bond donors (Lipinski definition) is 3. The molecule has 0 fully saturated rings. The maximum atomic E-state index is 5.30. The van der Waals surface area contributed by atoms with Gasteiger partial charge >= 0.3 is 6.01 Å². The van der Waals surface area contributed by atoms with Crippen LogP contribution in [0.2, 0.25) is 0 Å². The van der Waals surface area contributed by atoms with Crippen LogP contribution in [-0.2, 0) is 6.54 Å².